The van der Waals surface area contributed by atoms with Gasteiger partial charge in [-0.3, -0.25) is 9.59 Å². The molecule has 0 aliphatic carbocycles. The second-order valence-electron chi connectivity index (χ2n) is 4.94. The van der Waals surface area contributed by atoms with Gasteiger partial charge in [0.2, 0.25) is 0 Å². The number of ether oxygens (including phenoxy) is 1. The van der Waals surface area contributed by atoms with Crippen molar-refractivity contribution in [3.63, 3.8) is 0 Å². The standard InChI is InChI=1S/C17H16O5S/c1-22-17(19)11-15(18)12-23(20,21)16-9-7-14(8-10-16)13-5-3-2-4-6-13/h2-10H,11-12H2,1H3. The third kappa shape index (κ3) is 4.50. The van der Waals surface area contributed by atoms with Gasteiger partial charge < -0.3 is 4.74 Å². The first kappa shape index (κ1) is 16.9. The average Bonchev–Trinajstić information content (AvgIpc) is 2.55. The van der Waals surface area contributed by atoms with Crippen molar-refractivity contribution in [2.24, 2.45) is 0 Å². The summed E-state index contributed by atoms with van der Waals surface area (Å²) in [6.07, 6.45) is -0.544. The summed E-state index contributed by atoms with van der Waals surface area (Å²) in [7, 11) is -2.62. The van der Waals surface area contributed by atoms with E-state index in [1.807, 2.05) is 30.3 Å². The van der Waals surface area contributed by atoms with Gasteiger partial charge in [-0.15, -0.1) is 0 Å². The summed E-state index contributed by atoms with van der Waals surface area (Å²) in [4.78, 5) is 22.7. The number of esters is 1. The van der Waals surface area contributed by atoms with Crippen LogP contribution < -0.4 is 0 Å². The SMILES string of the molecule is COC(=O)CC(=O)CS(=O)(=O)c1ccc(-c2ccccc2)cc1. The van der Waals surface area contributed by atoms with Crippen molar-refractivity contribution >= 4 is 21.6 Å². The highest BCUT2D eigenvalue weighted by molar-refractivity contribution is 7.92. The molecule has 2 aromatic rings. The van der Waals surface area contributed by atoms with Gasteiger partial charge in [0.15, 0.2) is 15.6 Å². The molecule has 2 rings (SSSR count). The molecule has 0 aliphatic heterocycles. The number of carbonyl (C=O) groups excluding carboxylic acids is 2. The maximum Gasteiger partial charge on any atom is 0.313 e. The molecule has 23 heavy (non-hydrogen) atoms. The molecule has 0 fully saturated rings. The van der Waals surface area contributed by atoms with Crippen LogP contribution in [0.5, 0.6) is 0 Å². The Bertz CT molecular complexity index is 793. The Morgan fingerprint density at radius 3 is 2.04 bits per heavy atom. The molecular formula is C17H16O5S. The lowest BCUT2D eigenvalue weighted by Gasteiger charge is -2.06. The predicted octanol–water partition coefficient (Wildman–Crippen LogP) is 2.26. The zero-order valence-electron chi connectivity index (χ0n) is 12.6. The molecule has 0 heterocycles. The molecule has 0 atom stereocenters. The topological polar surface area (TPSA) is 77.5 Å². The van der Waals surface area contributed by atoms with Crippen LogP contribution in [0.15, 0.2) is 59.5 Å². The van der Waals surface area contributed by atoms with Crippen LogP contribution in [-0.4, -0.2) is 33.0 Å². The number of benzene rings is 2. The van der Waals surface area contributed by atoms with E-state index in [1.54, 1.807) is 12.1 Å². The second-order valence-corrected chi connectivity index (χ2v) is 6.93. The summed E-state index contributed by atoms with van der Waals surface area (Å²) in [6.45, 7) is 0. The van der Waals surface area contributed by atoms with Gasteiger partial charge in [-0.25, -0.2) is 8.42 Å². The maximum absolute atomic E-state index is 12.2. The first-order valence-corrected chi connectivity index (χ1v) is 8.54. The van der Waals surface area contributed by atoms with Gasteiger partial charge in [-0.1, -0.05) is 42.5 Å². The molecule has 5 nitrogen and oxygen atoms in total. The monoisotopic (exact) mass is 332 g/mol. The van der Waals surface area contributed by atoms with Crippen LogP contribution in [0.4, 0.5) is 0 Å². The van der Waals surface area contributed by atoms with E-state index < -0.39 is 33.8 Å². The minimum Gasteiger partial charge on any atom is -0.469 e. The van der Waals surface area contributed by atoms with Crippen LogP contribution in [0.25, 0.3) is 11.1 Å². The predicted molar refractivity (Wildman–Crippen MR) is 85.6 cm³/mol. The van der Waals surface area contributed by atoms with E-state index in [0.717, 1.165) is 18.2 Å². The van der Waals surface area contributed by atoms with E-state index >= 15 is 0 Å². The van der Waals surface area contributed by atoms with Gasteiger partial charge in [0.05, 0.1) is 12.0 Å². The first-order valence-electron chi connectivity index (χ1n) is 6.89. The molecule has 0 radical (unpaired) electrons. The molecule has 2 aromatic carbocycles. The highest BCUT2D eigenvalue weighted by atomic mass is 32.2. The molecule has 0 saturated heterocycles. The summed E-state index contributed by atoms with van der Waals surface area (Å²) in [6, 6.07) is 15.8. The highest BCUT2D eigenvalue weighted by Crippen LogP contribution is 2.21. The van der Waals surface area contributed by atoms with Crippen molar-refractivity contribution in [1.82, 2.24) is 0 Å². The van der Waals surface area contributed by atoms with E-state index in [0.29, 0.717) is 0 Å². The number of sulfone groups is 1. The highest BCUT2D eigenvalue weighted by Gasteiger charge is 2.21. The molecule has 0 N–H and O–H groups in total. The number of ketones is 1. The van der Waals surface area contributed by atoms with Gasteiger partial charge in [-0.05, 0) is 23.3 Å². The van der Waals surface area contributed by atoms with Crippen LogP contribution in [0.1, 0.15) is 6.42 Å². The van der Waals surface area contributed by atoms with Gasteiger partial charge in [0.1, 0.15) is 12.2 Å². The molecule has 0 unspecified atom stereocenters. The fourth-order valence-corrected chi connectivity index (χ4v) is 3.31. The molecule has 6 heteroatoms. The summed E-state index contributed by atoms with van der Waals surface area (Å²) in [5.74, 6) is -2.15. The smallest absolute Gasteiger partial charge is 0.313 e. The summed E-state index contributed by atoms with van der Waals surface area (Å²) < 4.78 is 28.7. The lowest BCUT2D eigenvalue weighted by atomic mass is 10.1. The van der Waals surface area contributed by atoms with Crippen LogP contribution >= 0.6 is 0 Å². The Labute approximate surface area is 134 Å². The van der Waals surface area contributed by atoms with Gasteiger partial charge in [0, 0.05) is 0 Å². The maximum atomic E-state index is 12.2. The van der Waals surface area contributed by atoms with Crippen LogP contribution in [0, 0.1) is 0 Å². The molecule has 0 bridgehead atoms. The van der Waals surface area contributed by atoms with E-state index in [-0.39, 0.29) is 4.90 Å². The minimum atomic E-state index is -3.77. The van der Waals surface area contributed by atoms with E-state index in [9.17, 15) is 18.0 Å². The molecule has 0 aromatic heterocycles. The van der Waals surface area contributed by atoms with Gasteiger partial charge in [-0.2, -0.15) is 0 Å². The fraction of sp³-hybridized carbons (Fsp3) is 0.176. The van der Waals surface area contributed by atoms with Crippen molar-refractivity contribution in [3.05, 3.63) is 54.6 Å². The third-order valence-electron chi connectivity index (χ3n) is 3.24. The number of carbonyl (C=O) groups is 2. The molecule has 0 spiro atoms. The lowest BCUT2D eigenvalue weighted by Crippen LogP contribution is -2.19. The van der Waals surface area contributed by atoms with Crippen molar-refractivity contribution < 1.29 is 22.7 Å². The number of Topliss-reactive ketones (excluding diaryl/α,β-unsaturated/α-hetero) is 1. The van der Waals surface area contributed by atoms with Gasteiger partial charge >= 0.3 is 5.97 Å². The molecule has 0 amide bonds. The van der Waals surface area contributed by atoms with Gasteiger partial charge in [0.25, 0.3) is 0 Å². The lowest BCUT2D eigenvalue weighted by molar-refractivity contribution is -0.142. The Hall–Kier alpha value is -2.47. The van der Waals surface area contributed by atoms with E-state index in [4.69, 9.17) is 0 Å². The van der Waals surface area contributed by atoms with Crippen LogP contribution in [0.2, 0.25) is 0 Å². The Morgan fingerprint density at radius 1 is 0.913 bits per heavy atom. The Balaban J connectivity index is 2.15. The fourth-order valence-electron chi connectivity index (χ4n) is 2.06. The molecular weight excluding hydrogens is 316 g/mol. The number of rotatable bonds is 6. The quantitative estimate of drug-likeness (QED) is 0.599. The summed E-state index contributed by atoms with van der Waals surface area (Å²) in [5, 5.41) is 0. The zero-order valence-corrected chi connectivity index (χ0v) is 13.4. The average molecular weight is 332 g/mol. The van der Waals surface area contributed by atoms with Crippen molar-refractivity contribution in [3.8, 4) is 11.1 Å². The van der Waals surface area contributed by atoms with Crippen molar-refractivity contribution in [2.45, 2.75) is 11.3 Å². The largest absolute Gasteiger partial charge is 0.469 e. The summed E-state index contributed by atoms with van der Waals surface area (Å²) >= 11 is 0. The molecule has 120 valence electrons. The molecule has 0 saturated carbocycles. The third-order valence-corrected chi connectivity index (χ3v) is 4.93. The number of hydrogen-bond donors (Lipinski definition) is 0. The Kier molecular flexibility index (Phi) is 5.28. The first-order chi connectivity index (χ1) is 10.9. The second kappa shape index (κ2) is 7.19. The number of hydrogen-bond acceptors (Lipinski definition) is 5. The number of methoxy groups -OCH3 is 1. The Morgan fingerprint density at radius 2 is 1.48 bits per heavy atom. The minimum absolute atomic E-state index is 0.0513. The van der Waals surface area contributed by atoms with Crippen LogP contribution in [-0.2, 0) is 24.2 Å². The molecule has 0 aliphatic rings. The van der Waals surface area contributed by atoms with Crippen LogP contribution in [0.3, 0.4) is 0 Å². The van der Waals surface area contributed by atoms with Crippen molar-refractivity contribution in [2.75, 3.05) is 12.9 Å². The zero-order chi connectivity index (χ0) is 16.9. The van der Waals surface area contributed by atoms with Crippen molar-refractivity contribution in [1.29, 1.82) is 0 Å². The van der Waals surface area contributed by atoms with E-state index in [2.05, 4.69) is 4.74 Å². The summed E-state index contributed by atoms with van der Waals surface area (Å²) in [5.41, 5.74) is 1.85. The normalized spacial score (nSPS) is 11.0. The van der Waals surface area contributed by atoms with E-state index in [1.165, 1.54) is 12.1 Å².